The van der Waals surface area contributed by atoms with Crippen LogP contribution in [0.1, 0.15) is 162 Å². The fourth-order valence-corrected chi connectivity index (χ4v) is 4.16. The van der Waals surface area contributed by atoms with E-state index in [1.54, 1.807) is 6.92 Å². The molecular formula is C28H54O2. The summed E-state index contributed by atoms with van der Waals surface area (Å²) in [7, 11) is 0. The second kappa shape index (κ2) is 24.5. The standard InChI is InChI=1S/C28H54O2/c1-3-4-5-6-7-8-9-10-11-12-13-14-15-16-17-18-19-20-21-22-23-24-25-26-27(2)28(29)30/h26H,3-25H2,1-2H3,(H,29,30)/b27-26+. The van der Waals surface area contributed by atoms with Crippen molar-refractivity contribution < 1.29 is 9.90 Å². The Morgan fingerprint density at radius 1 is 0.533 bits per heavy atom. The predicted molar refractivity (Wildman–Crippen MR) is 133 cm³/mol. The van der Waals surface area contributed by atoms with E-state index >= 15 is 0 Å². The van der Waals surface area contributed by atoms with Gasteiger partial charge in [0, 0.05) is 5.57 Å². The summed E-state index contributed by atoms with van der Waals surface area (Å²) >= 11 is 0. The Balaban J connectivity index is 3.08. The van der Waals surface area contributed by atoms with Crippen LogP contribution in [0.25, 0.3) is 0 Å². The van der Waals surface area contributed by atoms with Crippen LogP contribution in [0, 0.1) is 0 Å². The highest BCUT2D eigenvalue weighted by Gasteiger charge is 1.98. The first-order chi connectivity index (χ1) is 14.7. The molecule has 0 aliphatic carbocycles. The number of carbonyl (C=O) groups is 1. The van der Waals surface area contributed by atoms with Crippen molar-refractivity contribution in [2.75, 3.05) is 0 Å². The van der Waals surface area contributed by atoms with Crippen LogP contribution in [-0.2, 0) is 4.79 Å². The third-order valence-electron chi connectivity index (χ3n) is 6.35. The molecular weight excluding hydrogens is 368 g/mol. The van der Waals surface area contributed by atoms with Crippen LogP contribution in [0.2, 0.25) is 0 Å². The molecule has 0 heterocycles. The summed E-state index contributed by atoms with van der Waals surface area (Å²) in [6, 6.07) is 0. The maximum atomic E-state index is 10.7. The maximum absolute atomic E-state index is 10.7. The third kappa shape index (κ3) is 23.5. The smallest absolute Gasteiger partial charge is 0.330 e. The summed E-state index contributed by atoms with van der Waals surface area (Å²) in [5, 5.41) is 8.79. The van der Waals surface area contributed by atoms with Crippen LogP contribution in [0.3, 0.4) is 0 Å². The van der Waals surface area contributed by atoms with Crippen molar-refractivity contribution in [1.82, 2.24) is 0 Å². The molecule has 0 bridgehead atoms. The van der Waals surface area contributed by atoms with E-state index in [0.29, 0.717) is 5.57 Å². The second-order valence-electron chi connectivity index (χ2n) is 9.41. The molecule has 0 radical (unpaired) electrons. The summed E-state index contributed by atoms with van der Waals surface area (Å²) in [5.41, 5.74) is 0.485. The van der Waals surface area contributed by atoms with Crippen LogP contribution < -0.4 is 0 Å². The van der Waals surface area contributed by atoms with Gasteiger partial charge in [0.15, 0.2) is 0 Å². The summed E-state index contributed by atoms with van der Waals surface area (Å²) < 4.78 is 0. The van der Waals surface area contributed by atoms with E-state index < -0.39 is 5.97 Å². The Morgan fingerprint density at radius 2 is 0.800 bits per heavy atom. The summed E-state index contributed by atoms with van der Waals surface area (Å²) in [6.07, 6.45) is 33.7. The van der Waals surface area contributed by atoms with Gasteiger partial charge >= 0.3 is 5.97 Å². The zero-order valence-corrected chi connectivity index (χ0v) is 20.7. The molecule has 0 aliphatic rings. The zero-order chi connectivity index (χ0) is 22.1. The van der Waals surface area contributed by atoms with Gasteiger partial charge in [-0.15, -0.1) is 0 Å². The van der Waals surface area contributed by atoms with Crippen molar-refractivity contribution >= 4 is 5.97 Å². The molecule has 0 saturated carbocycles. The van der Waals surface area contributed by atoms with E-state index in [1.165, 1.54) is 135 Å². The average molecular weight is 423 g/mol. The second-order valence-corrected chi connectivity index (χ2v) is 9.41. The molecule has 0 aromatic rings. The third-order valence-corrected chi connectivity index (χ3v) is 6.35. The minimum Gasteiger partial charge on any atom is -0.478 e. The molecule has 0 fully saturated rings. The molecule has 2 nitrogen and oxygen atoms in total. The van der Waals surface area contributed by atoms with Gasteiger partial charge in [-0.3, -0.25) is 0 Å². The first kappa shape index (κ1) is 29.2. The SMILES string of the molecule is CCCCCCCCCCCCCCCCCCCCCCCC/C=C(\C)C(=O)O. The number of aliphatic carboxylic acids is 1. The number of unbranched alkanes of at least 4 members (excludes halogenated alkanes) is 22. The minimum atomic E-state index is -0.784. The van der Waals surface area contributed by atoms with E-state index in [1.807, 2.05) is 6.08 Å². The molecule has 0 atom stereocenters. The maximum Gasteiger partial charge on any atom is 0.330 e. The van der Waals surface area contributed by atoms with Gasteiger partial charge in [0.25, 0.3) is 0 Å². The molecule has 0 unspecified atom stereocenters. The van der Waals surface area contributed by atoms with Gasteiger partial charge in [0.1, 0.15) is 0 Å². The number of rotatable bonds is 24. The molecule has 0 rings (SSSR count). The normalized spacial score (nSPS) is 11.9. The molecule has 30 heavy (non-hydrogen) atoms. The lowest BCUT2D eigenvalue weighted by Gasteiger charge is -2.04. The van der Waals surface area contributed by atoms with E-state index in [2.05, 4.69) is 6.92 Å². The molecule has 2 heteroatoms. The minimum absolute atomic E-state index is 0.485. The fraction of sp³-hybridized carbons (Fsp3) is 0.893. The lowest BCUT2D eigenvalue weighted by atomic mass is 10.0. The molecule has 0 aromatic heterocycles. The fourth-order valence-electron chi connectivity index (χ4n) is 4.16. The number of carboxylic acid groups (broad SMARTS) is 1. The molecule has 0 aromatic carbocycles. The highest BCUT2D eigenvalue weighted by Crippen LogP contribution is 2.15. The number of allylic oxidation sites excluding steroid dienone is 1. The molecule has 0 amide bonds. The van der Waals surface area contributed by atoms with Crippen molar-refractivity contribution in [3.63, 3.8) is 0 Å². The van der Waals surface area contributed by atoms with Crippen LogP contribution >= 0.6 is 0 Å². The van der Waals surface area contributed by atoms with Gasteiger partial charge in [0.2, 0.25) is 0 Å². The summed E-state index contributed by atoms with van der Waals surface area (Å²) in [6.45, 7) is 3.97. The van der Waals surface area contributed by atoms with Gasteiger partial charge < -0.3 is 5.11 Å². The van der Waals surface area contributed by atoms with E-state index in [9.17, 15) is 4.79 Å². The van der Waals surface area contributed by atoms with E-state index in [0.717, 1.165) is 12.8 Å². The van der Waals surface area contributed by atoms with Gasteiger partial charge in [-0.25, -0.2) is 4.79 Å². The lowest BCUT2D eigenvalue weighted by molar-refractivity contribution is -0.132. The van der Waals surface area contributed by atoms with Crippen LogP contribution in [0.15, 0.2) is 11.6 Å². The monoisotopic (exact) mass is 422 g/mol. The van der Waals surface area contributed by atoms with Crippen LogP contribution in [0.4, 0.5) is 0 Å². The van der Waals surface area contributed by atoms with Gasteiger partial charge in [-0.05, 0) is 19.8 Å². The van der Waals surface area contributed by atoms with Gasteiger partial charge in [-0.1, -0.05) is 148 Å². The molecule has 1 N–H and O–H groups in total. The van der Waals surface area contributed by atoms with Crippen LogP contribution in [0.5, 0.6) is 0 Å². The van der Waals surface area contributed by atoms with Crippen molar-refractivity contribution in [2.45, 2.75) is 162 Å². The van der Waals surface area contributed by atoms with Gasteiger partial charge in [0.05, 0.1) is 0 Å². The van der Waals surface area contributed by atoms with Crippen molar-refractivity contribution in [3.8, 4) is 0 Å². The topological polar surface area (TPSA) is 37.3 Å². The number of hydrogen-bond donors (Lipinski definition) is 1. The van der Waals surface area contributed by atoms with E-state index in [-0.39, 0.29) is 0 Å². The molecule has 0 aliphatic heterocycles. The van der Waals surface area contributed by atoms with Crippen molar-refractivity contribution in [3.05, 3.63) is 11.6 Å². The zero-order valence-electron chi connectivity index (χ0n) is 20.7. The largest absolute Gasteiger partial charge is 0.478 e. The number of carboxylic acids is 1. The Morgan fingerprint density at radius 3 is 1.07 bits per heavy atom. The van der Waals surface area contributed by atoms with Crippen molar-refractivity contribution in [1.29, 1.82) is 0 Å². The van der Waals surface area contributed by atoms with Gasteiger partial charge in [-0.2, -0.15) is 0 Å². The summed E-state index contributed by atoms with van der Waals surface area (Å²) in [4.78, 5) is 10.7. The highest BCUT2D eigenvalue weighted by atomic mass is 16.4. The first-order valence-electron chi connectivity index (χ1n) is 13.6. The number of hydrogen-bond acceptors (Lipinski definition) is 1. The first-order valence-corrected chi connectivity index (χ1v) is 13.6. The quantitative estimate of drug-likeness (QED) is 0.124. The highest BCUT2D eigenvalue weighted by molar-refractivity contribution is 5.85. The Kier molecular flexibility index (Phi) is 23.8. The average Bonchev–Trinajstić information content (AvgIpc) is 2.74. The molecule has 0 spiro atoms. The molecule has 0 saturated heterocycles. The molecule has 178 valence electrons. The van der Waals surface area contributed by atoms with Crippen LogP contribution in [-0.4, -0.2) is 11.1 Å². The Hall–Kier alpha value is -0.790. The van der Waals surface area contributed by atoms with Crippen molar-refractivity contribution in [2.24, 2.45) is 0 Å². The van der Waals surface area contributed by atoms with E-state index in [4.69, 9.17) is 5.11 Å². The Labute approximate surface area is 189 Å². The lowest BCUT2D eigenvalue weighted by Crippen LogP contribution is -1.95. The summed E-state index contributed by atoms with van der Waals surface area (Å²) in [5.74, 6) is -0.784. The Bertz CT molecular complexity index is 386. The predicted octanol–water partition coefficient (Wildman–Crippen LogP) is 10.0.